The van der Waals surface area contributed by atoms with Gasteiger partial charge in [-0.15, -0.1) is 0 Å². The van der Waals surface area contributed by atoms with E-state index < -0.39 is 10.0 Å². The molecule has 8 heteroatoms. The first-order valence-corrected chi connectivity index (χ1v) is 7.14. The molecule has 2 aromatic rings. The Bertz CT molecular complexity index is 670. The molecule has 0 saturated carbocycles. The largest absolute Gasteiger partial charge is 0.328 e. The minimum atomic E-state index is -3.64. The average molecular weight is 282 g/mol. The lowest BCUT2D eigenvalue weighted by Crippen LogP contribution is -2.36. The number of pyridine rings is 1. The fourth-order valence-electron chi connectivity index (χ4n) is 1.62. The molecule has 0 aromatic carbocycles. The van der Waals surface area contributed by atoms with Crippen molar-refractivity contribution in [1.82, 2.24) is 19.5 Å². The monoisotopic (exact) mass is 282 g/mol. The Balaban J connectivity index is 2.08. The third kappa shape index (κ3) is 3.52. The van der Waals surface area contributed by atoms with Gasteiger partial charge in [-0.2, -0.15) is 5.10 Å². The van der Waals surface area contributed by atoms with E-state index in [1.165, 1.54) is 18.3 Å². The molecule has 0 aliphatic rings. The van der Waals surface area contributed by atoms with Gasteiger partial charge < -0.3 is 4.98 Å². The third-order valence-corrected chi connectivity index (χ3v) is 4.03. The van der Waals surface area contributed by atoms with Gasteiger partial charge in [-0.1, -0.05) is 0 Å². The molecule has 2 N–H and O–H groups in total. The van der Waals surface area contributed by atoms with Crippen LogP contribution in [0.1, 0.15) is 6.92 Å². The summed E-state index contributed by atoms with van der Waals surface area (Å²) in [6.45, 7) is 2.17. The van der Waals surface area contributed by atoms with Crippen LogP contribution in [-0.2, 0) is 16.6 Å². The van der Waals surface area contributed by atoms with Crippen molar-refractivity contribution in [3.63, 3.8) is 0 Å². The second-order valence-electron chi connectivity index (χ2n) is 4.14. The third-order valence-electron chi connectivity index (χ3n) is 2.44. The van der Waals surface area contributed by atoms with E-state index in [0.29, 0.717) is 6.54 Å². The summed E-state index contributed by atoms with van der Waals surface area (Å²) in [5.74, 6) is 0. The lowest BCUT2D eigenvalue weighted by molar-refractivity contribution is 0.494. The maximum Gasteiger partial charge on any atom is 0.247 e. The Morgan fingerprint density at radius 1 is 1.47 bits per heavy atom. The molecule has 0 aliphatic carbocycles. The Morgan fingerprint density at radius 3 is 2.84 bits per heavy atom. The second kappa shape index (κ2) is 5.37. The molecular weight excluding hydrogens is 268 g/mol. The molecular formula is C11H14N4O3S. The van der Waals surface area contributed by atoms with Crippen LogP contribution in [0.3, 0.4) is 0 Å². The fourth-order valence-corrected chi connectivity index (χ4v) is 2.82. The number of H-pyrrole nitrogens is 1. The van der Waals surface area contributed by atoms with Gasteiger partial charge in [0.25, 0.3) is 0 Å². The second-order valence-corrected chi connectivity index (χ2v) is 5.85. The zero-order chi connectivity index (χ0) is 13.9. The summed E-state index contributed by atoms with van der Waals surface area (Å²) in [6, 6.07) is 3.88. The first-order chi connectivity index (χ1) is 8.97. The van der Waals surface area contributed by atoms with Crippen LogP contribution in [0.25, 0.3) is 0 Å². The van der Waals surface area contributed by atoms with Crippen LogP contribution >= 0.6 is 0 Å². The van der Waals surface area contributed by atoms with Crippen LogP contribution in [0, 0.1) is 0 Å². The number of nitrogens with zero attached hydrogens (tertiary/aromatic N) is 2. The fraction of sp³-hybridized carbons (Fsp3) is 0.273. The smallest absolute Gasteiger partial charge is 0.247 e. The summed E-state index contributed by atoms with van der Waals surface area (Å²) in [6.07, 6.45) is 4.55. The van der Waals surface area contributed by atoms with Gasteiger partial charge in [0, 0.05) is 30.7 Å². The van der Waals surface area contributed by atoms with E-state index >= 15 is 0 Å². The summed E-state index contributed by atoms with van der Waals surface area (Å²) in [7, 11) is -3.64. The van der Waals surface area contributed by atoms with Gasteiger partial charge in [0.1, 0.15) is 0 Å². The molecule has 0 radical (unpaired) electrons. The Hall–Kier alpha value is -1.93. The predicted molar refractivity (Wildman–Crippen MR) is 69.1 cm³/mol. The molecule has 102 valence electrons. The molecule has 2 aromatic heterocycles. The lowest BCUT2D eigenvalue weighted by Gasteiger charge is -2.14. The van der Waals surface area contributed by atoms with Crippen LogP contribution in [0.4, 0.5) is 0 Å². The van der Waals surface area contributed by atoms with E-state index in [4.69, 9.17) is 0 Å². The first kappa shape index (κ1) is 13.5. The van der Waals surface area contributed by atoms with E-state index in [-0.39, 0.29) is 16.5 Å². The lowest BCUT2D eigenvalue weighted by atomic mass is 10.4. The average Bonchev–Trinajstić information content (AvgIpc) is 2.81. The van der Waals surface area contributed by atoms with E-state index in [1.54, 1.807) is 30.1 Å². The molecule has 0 bridgehead atoms. The standard InChI is InChI=1S/C11H14N4O3S/c1-9(8-15-6-2-5-13-15)14-19(17,18)10-3-4-11(16)12-7-10/h2-7,9,14H,8H2,1H3,(H,12,16). The highest BCUT2D eigenvalue weighted by Crippen LogP contribution is 2.05. The van der Waals surface area contributed by atoms with E-state index in [0.717, 1.165) is 0 Å². The van der Waals surface area contributed by atoms with Crippen LogP contribution in [-0.4, -0.2) is 29.2 Å². The zero-order valence-electron chi connectivity index (χ0n) is 10.3. The van der Waals surface area contributed by atoms with Crippen LogP contribution in [0.15, 0.2) is 46.5 Å². The molecule has 2 heterocycles. The van der Waals surface area contributed by atoms with Gasteiger partial charge in [0.05, 0.1) is 11.4 Å². The van der Waals surface area contributed by atoms with Crippen molar-refractivity contribution >= 4 is 10.0 Å². The van der Waals surface area contributed by atoms with Crippen molar-refractivity contribution in [2.45, 2.75) is 24.4 Å². The number of hydrogen-bond acceptors (Lipinski definition) is 4. The van der Waals surface area contributed by atoms with Crippen LogP contribution < -0.4 is 10.3 Å². The molecule has 19 heavy (non-hydrogen) atoms. The van der Waals surface area contributed by atoms with Crippen LogP contribution in [0.5, 0.6) is 0 Å². The quantitative estimate of drug-likeness (QED) is 0.802. The molecule has 0 fully saturated rings. The highest BCUT2D eigenvalue weighted by atomic mass is 32.2. The zero-order valence-corrected chi connectivity index (χ0v) is 11.1. The molecule has 0 aliphatic heterocycles. The summed E-state index contributed by atoms with van der Waals surface area (Å²) >= 11 is 0. The minimum absolute atomic E-state index is 0.0272. The van der Waals surface area contributed by atoms with Gasteiger partial charge in [-0.25, -0.2) is 13.1 Å². The van der Waals surface area contributed by atoms with E-state index in [2.05, 4.69) is 14.8 Å². The molecule has 0 spiro atoms. The van der Waals surface area contributed by atoms with E-state index in [9.17, 15) is 13.2 Å². The van der Waals surface area contributed by atoms with Gasteiger partial charge in [0.2, 0.25) is 15.6 Å². The van der Waals surface area contributed by atoms with Crippen molar-refractivity contribution in [2.75, 3.05) is 0 Å². The number of aromatic nitrogens is 3. The first-order valence-electron chi connectivity index (χ1n) is 5.66. The SMILES string of the molecule is CC(Cn1cccn1)NS(=O)(=O)c1ccc(=O)[nH]c1. The normalized spacial score (nSPS) is 13.3. The van der Waals surface area contributed by atoms with Crippen molar-refractivity contribution < 1.29 is 8.42 Å². The molecule has 1 atom stereocenters. The van der Waals surface area contributed by atoms with Gasteiger partial charge >= 0.3 is 0 Å². The van der Waals surface area contributed by atoms with Gasteiger partial charge in [-0.05, 0) is 19.1 Å². The molecule has 2 rings (SSSR count). The molecule has 1 unspecified atom stereocenters. The van der Waals surface area contributed by atoms with Gasteiger partial charge in [0.15, 0.2) is 0 Å². The number of sulfonamides is 1. The van der Waals surface area contributed by atoms with E-state index in [1.807, 2.05) is 0 Å². The maximum absolute atomic E-state index is 12.0. The summed E-state index contributed by atoms with van der Waals surface area (Å²) in [5, 5.41) is 4.00. The Kier molecular flexibility index (Phi) is 3.82. The molecule has 0 saturated heterocycles. The van der Waals surface area contributed by atoms with Crippen LogP contribution in [0.2, 0.25) is 0 Å². The van der Waals surface area contributed by atoms with Crippen molar-refractivity contribution in [2.24, 2.45) is 0 Å². The number of aromatic amines is 1. The molecule has 7 nitrogen and oxygen atoms in total. The predicted octanol–water partition coefficient (Wildman–Crippen LogP) is -0.0616. The highest BCUT2D eigenvalue weighted by molar-refractivity contribution is 7.89. The number of rotatable bonds is 5. The summed E-state index contributed by atoms with van der Waals surface area (Å²) in [4.78, 5) is 13.3. The maximum atomic E-state index is 12.0. The number of nitrogens with one attached hydrogen (secondary N) is 2. The van der Waals surface area contributed by atoms with Gasteiger partial charge in [-0.3, -0.25) is 9.48 Å². The highest BCUT2D eigenvalue weighted by Gasteiger charge is 2.17. The Labute approximate surface area is 110 Å². The summed E-state index contributed by atoms with van der Waals surface area (Å²) < 4.78 is 28.2. The topological polar surface area (TPSA) is 96.8 Å². The Morgan fingerprint density at radius 2 is 2.26 bits per heavy atom. The van der Waals surface area contributed by atoms with Crippen molar-refractivity contribution in [1.29, 1.82) is 0 Å². The summed E-state index contributed by atoms with van der Waals surface area (Å²) in [5.41, 5.74) is -0.344. The molecule has 0 amide bonds. The van der Waals surface area contributed by atoms with Crippen molar-refractivity contribution in [3.05, 3.63) is 47.1 Å². The van der Waals surface area contributed by atoms with Crippen molar-refractivity contribution in [3.8, 4) is 0 Å². The number of hydrogen-bond donors (Lipinski definition) is 2. The minimum Gasteiger partial charge on any atom is -0.328 e.